The number of unbranched alkanes of at least 4 members (excludes halogenated alkanes) is 1. The number of carbonyl (C=O) groups is 1. The largest absolute Gasteiger partial charge is 0.481 e. The lowest BCUT2D eigenvalue weighted by molar-refractivity contribution is -0.137. The summed E-state index contributed by atoms with van der Waals surface area (Å²) in [7, 11) is 0. The fraction of sp³-hybridized carbons (Fsp3) is 0.300. The highest BCUT2D eigenvalue weighted by atomic mass is 35.5. The predicted molar refractivity (Wildman–Crippen MR) is 55.4 cm³/mol. The van der Waals surface area contributed by atoms with Gasteiger partial charge in [-0.05, 0) is 18.0 Å². The van der Waals surface area contributed by atoms with Crippen LogP contribution in [0.1, 0.15) is 24.8 Å². The number of nitrogens with zero attached hydrogens (tertiary/aromatic N) is 2. The minimum atomic E-state index is -0.799. The van der Waals surface area contributed by atoms with Crippen molar-refractivity contribution in [2.45, 2.75) is 19.3 Å². The standard InChI is InChI=1S/C10H9ClN2O2/c11-10-12-6-8(7-13-10)4-2-1-3-5-9(14)15/h6-7H,1,3,5H2,(H,14,15). The molecule has 78 valence electrons. The van der Waals surface area contributed by atoms with E-state index in [0.717, 1.165) is 0 Å². The maximum Gasteiger partial charge on any atom is 0.303 e. The first kappa shape index (κ1) is 11.5. The van der Waals surface area contributed by atoms with Crippen molar-refractivity contribution in [1.29, 1.82) is 0 Å². The fourth-order valence-corrected chi connectivity index (χ4v) is 0.967. The first-order chi connectivity index (χ1) is 7.18. The Kier molecular flexibility index (Phi) is 4.58. The van der Waals surface area contributed by atoms with Crippen molar-refractivity contribution in [1.82, 2.24) is 9.97 Å². The van der Waals surface area contributed by atoms with E-state index in [-0.39, 0.29) is 11.7 Å². The quantitative estimate of drug-likeness (QED) is 0.483. The highest BCUT2D eigenvalue weighted by Crippen LogP contribution is 1.99. The molecule has 0 aromatic carbocycles. The molecule has 0 amide bonds. The van der Waals surface area contributed by atoms with Crippen molar-refractivity contribution in [3.8, 4) is 11.8 Å². The topological polar surface area (TPSA) is 63.1 Å². The van der Waals surface area contributed by atoms with Crippen molar-refractivity contribution < 1.29 is 9.90 Å². The van der Waals surface area contributed by atoms with Crippen LogP contribution in [0.4, 0.5) is 0 Å². The normalized spacial score (nSPS) is 9.13. The van der Waals surface area contributed by atoms with Gasteiger partial charge in [-0.15, -0.1) is 0 Å². The zero-order chi connectivity index (χ0) is 11.1. The van der Waals surface area contributed by atoms with Crippen molar-refractivity contribution in [2.75, 3.05) is 0 Å². The van der Waals surface area contributed by atoms with Crippen LogP contribution in [0.15, 0.2) is 12.4 Å². The molecule has 0 aliphatic carbocycles. The van der Waals surface area contributed by atoms with E-state index in [4.69, 9.17) is 16.7 Å². The molecule has 0 saturated carbocycles. The van der Waals surface area contributed by atoms with Crippen LogP contribution >= 0.6 is 11.6 Å². The van der Waals surface area contributed by atoms with Crippen LogP contribution in [0.5, 0.6) is 0 Å². The van der Waals surface area contributed by atoms with Gasteiger partial charge in [0.2, 0.25) is 5.28 Å². The lowest BCUT2D eigenvalue weighted by atomic mass is 10.2. The molecule has 0 radical (unpaired) electrons. The van der Waals surface area contributed by atoms with Crippen LogP contribution < -0.4 is 0 Å². The average Bonchev–Trinajstić information content (AvgIpc) is 2.20. The van der Waals surface area contributed by atoms with Crippen LogP contribution in [-0.4, -0.2) is 21.0 Å². The molecule has 15 heavy (non-hydrogen) atoms. The zero-order valence-electron chi connectivity index (χ0n) is 7.90. The predicted octanol–water partition coefficient (Wildman–Crippen LogP) is 1.74. The molecule has 1 aromatic rings. The number of carboxylic acid groups (broad SMARTS) is 1. The zero-order valence-corrected chi connectivity index (χ0v) is 8.66. The van der Waals surface area contributed by atoms with E-state index >= 15 is 0 Å². The van der Waals surface area contributed by atoms with E-state index in [1.807, 2.05) is 0 Å². The molecule has 4 nitrogen and oxygen atoms in total. The second-order valence-electron chi connectivity index (χ2n) is 2.79. The monoisotopic (exact) mass is 224 g/mol. The molecule has 0 atom stereocenters. The van der Waals surface area contributed by atoms with E-state index in [9.17, 15) is 4.79 Å². The summed E-state index contributed by atoms with van der Waals surface area (Å²) in [5.74, 6) is 4.86. The van der Waals surface area contributed by atoms with Crippen molar-refractivity contribution in [3.63, 3.8) is 0 Å². The van der Waals surface area contributed by atoms with E-state index in [0.29, 0.717) is 18.4 Å². The van der Waals surface area contributed by atoms with Gasteiger partial charge in [-0.2, -0.15) is 0 Å². The Balaban J connectivity index is 2.38. The average molecular weight is 225 g/mol. The first-order valence-corrected chi connectivity index (χ1v) is 4.74. The lowest BCUT2D eigenvalue weighted by Crippen LogP contribution is -1.92. The van der Waals surface area contributed by atoms with Crippen LogP contribution in [-0.2, 0) is 4.79 Å². The van der Waals surface area contributed by atoms with Gasteiger partial charge in [0.05, 0.1) is 5.56 Å². The molecule has 0 saturated heterocycles. The van der Waals surface area contributed by atoms with Crippen LogP contribution in [0, 0.1) is 11.8 Å². The van der Waals surface area contributed by atoms with Crippen LogP contribution in [0.2, 0.25) is 5.28 Å². The molecule has 0 bridgehead atoms. The summed E-state index contributed by atoms with van der Waals surface area (Å²) in [5, 5.41) is 8.56. The van der Waals surface area contributed by atoms with Gasteiger partial charge < -0.3 is 5.11 Å². The SMILES string of the molecule is O=C(O)CCCC#Cc1cnc(Cl)nc1. The summed E-state index contributed by atoms with van der Waals surface area (Å²) >= 11 is 5.49. The van der Waals surface area contributed by atoms with Gasteiger partial charge in [0.25, 0.3) is 0 Å². The third kappa shape index (κ3) is 4.99. The van der Waals surface area contributed by atoms with Gasteiger partial charge in [-0.1, -0.05) is 11.8 Å². The first-order valence-electron chi connectivity index (χ1n) is 4.36. The Morgan fingerprint density at radius 3 is 2.73 bits per heavy atom. The Morgan fingerprint density at radius 1 is 1.47 bits per heavy atom. The van der Waals surface area contributed by atoms with Crippen molar-refractivity contribution in [2.24, 2.45) is 0 Å². The summed E-state index contributed by atoms with van der Waals surface area (Å²) in [6.45, 7) is 0. The highest BCUT2D eigenvalue weighted by Gasteiger charge is 1.93. The number of carboxylic acids is 1. The van der Waals surface area contributed by atoms with Gasteiger partial charge in [0.15, 0.2) is 0 Å². The van der Waals surface area contributed by atoms with E-state index < -0.39 is 5.97 Å². The summed E-state index contributed by atoms with van der Waals surface area (Å²) in [6, 6.07) is 0. The Hall–Kier alpha value is -1.60. The maximum atomic E-state index is 10.2. The molecule has 1 aromatic heterocycles. The molecular formula is C10H9ClN2O2. The van der Waals surface area contributed by atoms with E-state index in [1.54, 1.807) is 0 Å². The summed E-state index contributed by atoms with van der Waals surface area (Å²) < 4.78 is 0. The lowest BCUT2D eigenvalue weighted by Gasteiger charge is -1.89. The second kappa shape index (κ2) is 5.99. The number of rotatable bonds is 3. The molecule has 0 aliphatic heterocycles. The minimum Gasteiger partial charge on any atom is -0.481 e. The molecule has 1 heterocycles. The smallest absolute Gasteiger partial charge is 0.303 e. The van der Waals surface area contributed by atoms with Crippen molar-refractivity contribution in [3.05, 3.63) is 23.2 Å². The number of hydrogen-bond donors (Lipinski definition) is 1. The highest BCUT2D eigenvalue weighted by molar-refractivity contribution is 6.28. The molecule has 0 fully saturated rings. The van der Waals surface area contributed by atoms with Gasteiger partial charge in [-0.3, -0.25) is 4.79 Å². The van der Waals surface area contributed by atoms with Crippen molar-refractivity contribution >= 4 is 17.6 Å². The number of aliphatic carboxylic acids is 1. The molecule has 1 N–H and O–H groups in total. The van der Waals surface area contributed by atoms with Gasteiger partial charge in [0, 0.05) is 25.2 Å². The van der Waals surface area contributed by atoms with E-state index in [1.165, 1.54) is 12.4 Å². The van der Waals surface area contributed by atoms with E-state index in [2.05, 4.69) is 21.8 Å². The minimum absolute atomic E-state index is 0.145. The summed E-state index contributed by atoms with van der Waals surface area (Å²) in [5.41, 5.74) is 0.676. The number of halogens is 1. The Morgan fingerprint density at radius 2 is 2.13 bits per heavy atom. The van der Waals surface area contributed by atoms with Gasteiger partial charge >= 0.3 is 5.97 Å². The molecule has 5 heteroatoms. The van der Waals surface area contributed by atoms with Gasteiger partial charge in [0.1, 0.15) is 0 Å². The maximum absolute atomic E-state index is 10.2. The third-order valence-corrected chi connectivity index (χ3v) is 1.74. The Labute approximate surface area is 92.3 Å². The third-order valence-electron chi connectivity index (χ3n) is 1.55. The molecule has 0 aliphatic rings. The number of aromatic nitrogens is 2. The fourth-order valence-electron chi connectivity index (χ4n) is 0.869. The summed E-state index contributed by atoms with van der Waals surface area (Å²) in [6.07, 6.45) is 4.30. The number of hydrogen-bond acceptors (Lipinski definition) is 3. The van der Waals surface area contributed by atoms with Crippen LogP contribution in [0.3, 0.4) is 0 Å². The van der Waals surface area contributed by atoms with Gasteiger partial charge in [-0.25, -0.2) is 9.97 Å². The van der Waals surface area contributed by atoms with Crippen LogP contribution in [0.25, 0.3) is 0 Å². The molecular weight excluding hydrogens is 216 g/mol. The molecule has 0 spiro atoms. The molecule has 0 unspecified atom stereocenters. The second-order valence-corrected chi connectivity index (χ2v) is 3.13. The summed E-state index contributed by atoms with van der Waals surface area (Å²) in [4.78, 5) is 17.7. The Bertz CT molecular complexity index is 392. The molecule has 1 rings (SSSR count).